The molecule has 1 nitrogen and oxygen atoms in total. The van der Waals surface area contributed by atoms with E-state index in [4.69, 9.17) is 0 Å². The van der Waals surface area contributed by atoms with Crippen LogP contribution in [0.4, 0.5) is 4.39 Å². The molecule has 0 aromatic carbocycles. The molecular weight excluding hydrogens is 177 g/mol. The van der Waals surface area contributed by atoms with E-state index < -0.39 is 6.17 Å². The van der Waals surface area contributed by atoms with Gasteiger partial charge in [-0.15, -0.1) is 0 Å². The second kappa shape index (κ2) is 5.11. The lowest BCUT2D eigenvalue weighted by atomic mass is 9.88. The number of piperidine rings is 1. The van der Waals surface area contributed by atoms with Gasteiger partial charge in [0.25, 0.3) is 0 Å². The van der Waals surface area contributed by atoms with Crippen molar-refractivity contribution in [3.63, 3.8) is 0 Å². The zero-order chi connectivity index (χ0) is 9.80. The fraction of sp³-hybridized carbons (Fsp3) is 1.00. The Morgan fingerprint density at radius 1 is 0.929 bits per heavy atom. The van der Waals surface area contributed by atoms with Crippen LogP contribution in [0.3, 0.4) is 0 Å². The molecule has 2 aliphatic rings. The Bertz CT molecular complexity index is 158. The Hall–Kier alpha value is -0.110. The smallest absolute Gasteiger partial charge is 0.103 e. The largest absolute Gasteiger partial charge is 0.303 e. The third-order valence-electron chi connectivity index (χ3n) is 3.76. The Labute approximate surface area is 86.7 Å². The standard InChI is InChI=1S/C12H22FN/c13-12-6-8-14(9-7-12)10-11-4-2-1-3-5-11/h11-12H,1-10H2. The minimum absolute atomic E-state index is 0.516. The number of alkyl halides is 1. The highest BCUT2D eigenvalue weighted by Crippen LogP contribution is 2.25. The molecule has 0 N–H and O–H groups in total. The van der Waals surface area contributed by atoms with Gasteiger partial charge in [-0.05, 0) is 31.6 Å². The molecule has 0 spiro atoms. The molecule has 0 aromatic rings. The van der Waals surface area contributed by atoms with Crippen molar-refractivity contribution in [2.24, 2.45) is 5.92 Å². The summed E-state index contributed by atoms with van der Waals surface area (Å²) in [5, 5.41) is 0. The van der Waals surface area contributed by atoms with Crippen molar-refractivity contribution in [3.05, 3.63) is 0 Å². The molecule has 1 aliphatic heterocycles. The first-order valence-corrected chi connectivity index (χ1v) is 6.21. The van der Waals surface area contributed by atoms with Gasteiger partial charge >= 0.3 is 0 Å². The molecule has 1 heterocycles. The maximum Gasteiger partial charge on any atom is 0.103 e. The minimum Gasteiger partial charge on any atom is -0.303 e. The lowest BCUT2D eigenvalue weighted by molar-refractivity contribution is 0.124. The van der Waals surface area contributed by atoms with E-state index in [-0.39, 0.29) is 0 Å². The molecule has 1 aliphatic carbocycles. The highest BCUT2D eigenvalue weighted by atomic mass is 19.1. The molecular formula is C12H22FN. The number of hydrogen-bond acceptors (Lipinski definition) is 1. The summed E-state index contributed by atoms with van der Waals surface area (Å²) >= 11 is 0. The molecule has 2 rings (SSSR count). The quantitative estimate of drug-likeness (QED) is 0.661. The number of halogens is 1. The predicted octanol–water partition coefficient (Wildman–Crippen LogP) is 3.00. The SMILES string of the molecule is FC1CCN(CC2CCCCC2)CC1. The Balaban J connectivity index is 1.68. The average Bonchev–Trinajstić information content (AvgIpc) is 2.23. The van der Waals surface area contributed by atoms with Gasteiger partial charge in [0.2, 0.25) is 0 Å². The first-order valence-electron chi connectivity index (χ1n) is 6.21. The number of likely N-dealkylation sites (tertiary alicyclic amines) is 1. The zero-order valence-electron chi connectivity index (χ0n) is 9.05. The minimum atomic E-state index is -0.516. The summed E-state index contributed by atoms with van der Waals surface area (Å²) in [6, 6.07) is 0. The maximum absolute atomic E-state index is 12.9. The molecule has 0 bridgehead atoms. The molecule has 14 heavy (non-hydrogen) atoms. The third kappa shape index (κ3) is 2.94. The average molecular weight is 199 g/mol. The second-order valence-electron chi connectivity index (χ2n) is 4.98. The van der Waals surface area contributed by atoms with E-state index in [9.17, 15) is 4.39 Å². The van der Waals surface area contributed by atoms with Gasteiger partial charge in [-0.2, -0.15) is 0 Å². The van der Waals surface area contributed by atoms with Gasteiger partial charge in [-0.3, -0.25) is 0 Å². The highest BCUT2D eigenvalue weighted by molar-refractivity contribution is 4.75. The summed E-state index contributed by atoms with van der Waals surface area (Å²) in [5.74, 6) is 0.917. The Morgan fingerprint density at radius 2 is 1.57 bits per heavy atom. The molecule has 1 saturated heterocycles. The van der Waals surface area contributed by atoms with E-state index in [1.165, 1.54) is 38.6 Å². The fourth-order valence-electron chi connectivity index (χ4n) is 2.82. The first kappa shape index (κ1) is 10.4. The molecule has 0 atom stereocenters. The summed E-state index contributed by atoms with van der Waals surface area (Å²) in [4.78, 5) is 2.48. The zero-order valence-corrected chi connectivity index (χ0v) is 9.05. The van der Waals surface area contributed by atoms with Crippen LogP contribution in [0, 0.1) is 5.92 Å². The van der Waals surface area contributed by atoms with Crippen LogP contribution in [-0.2, 0) is 0 Å². The van der Waals surface area contributed by atoms with E-state index in [0.717, 1.165) is 31.8 Å². The van der Waals surface area contributed by atoms with Crippen LogP contribution >= 0.6 is 0 Å². The summed E-state index contributed by atoms with van der Waals surface area (Å²) < 4.78 is 12.9. The molecule has 1 saturated carbocycles. The summed E-state index contributed by atoms with van der Waals surface area (Å²) in [6.07, 6.45) is 8.12. The summed E-state index contributed by atoms with van der Waals surface area (Å²) in [6.45, 7) is 3.24. The van der Waals surface area contributed by atoms with Gasteiger partial charge in [0.15, 0.2) is 0 Å². The number of nitrogens with zero attached hydrogens (tertiary/aromatic N) is 1. The van der Waals surface area contributed by atoms with Crippen molar-refractivity contribution in [3.8, 4) is 0 Å². The van der Waals surface area contributed by atoms with Gasteiger partial charge in [-0.25, -0.2) is 4.39 Å². The van der Waals surface area contributed by atoms with Crippen molar-refractivity contribution in [2.45, 2.75) is 51.1 Å². The third-order valence-corrected chi connectivity index (χ3v) is 3.76. The highest BCUT2D eigenvalue weighted by Gasteiger charge is 2.21. The van der Waals surface area contributed by atoms with E-state index >= 15 is 0 Å². The predicted molar refractivity (Wildman–Crippen MR) is 57.1 cm³/mol. The van der Waals surface area contributed by atoms with E-state index in [1.54, 1.807) is 0 Å². The van der Waals surface area contributed by atoms with Crippen LogP contribution < -0.4 is 0 Å². The van der Waals surface area contributed by atoms with Gasteiger partial charge in [-0.1, -0.05) is 19.3 Å². The Morgan fingerprint density at radius 3 is 2.21 bits per heavy atom. The van der Waals surface area contributed by atoms with Gasteiger partial charge in [0, 0.05) is 19.6 Å². The van der Waals surface area contributed by atoms with Crippen molar-refractivity contribution < 1.29 is 4.39 Å². The van der Waals surface area contributed by atoms with Crippen LogP contribution in [0.15, 0.2) is 0 Å². The molecule has 2 heteroatoms. The number of rotatable bonds is 2. The summed E-state index contributed by atoms with van der Waals surface area (Å²) in [5.41, 5.74) is 0. The van der Waals surface area contributed by atoms with Crippen LogP contribution in [0.25, 0.3) is 0 Å². The lowest BCUT2D eigenvalue weighted by Gasteiger charge is -2.33. The fourth-order valence-corrected chi connectivity index (χ4v) is 2.82. The molecule has 0 aromatic heterocycles. The van der Waals surface area contributed by atoms with Gasteiger partial charge in [0.05, 0.1) is 0 Å². The topological polar surface area (TPSA) is 3.24 Å². The Kier molecular flexibility index (Phi) is 3.80. The molecule has 0 radical (unpaired) electrons. The normalized spacial score (nSPS) is 28.1. The van der Waals surface area contributed by atoms with Crippen molar-refractivity contribution in [1.29, 1.82) is 0 Å². The van der Waals surface area contributed by atoms with E-state index in [1.807, 2.05) is 0 Å². The molecule has 0 unspecified atom stereocenters. The lowest BCUT2D eigenvalue weighted by Crippen LogP contribution is -2.38. The van der Waals surface area contributed by atoms with Crippen LogP contribution in [0.1, 0.15) is 44.9 Å². The monoisotopic (exact) mass is 199 g/mol. The second-order valence-corrected chi connectivity index (χ2v) is 4.98. The van der Waals surface area contributed by atoms with Gasteiger partial charge < -0.3 is 4.90 Å². The van der Waals surface area contributed by atoms with Crippen LogP contribution in [0.2, 0.25) is 0 Å². The van der Waals surface area contributed by atoms with E-state index in [0.29, 0.717) is 0 Å². The molecule has 2 fully saturated rings. The van der Waals surface area contributed by atoms with Gasteiger partial charge in [0.1, 0.15) is 6.17 Å². The number of hydrogen-bond donors (Lipinski definition) is 0. The molecule has 0 amide bonds. The maximum atomic E-state index is 12.9. The van der Waals surface area contributed by atoms with Crippen molar-refractivity contribution >= 4 is 0 Å². The van der Waals surface area contributed by atoms with E-state index in [2.05, 4.69) is 4.90 Å². The first-order chi connectivity index (χ1) is 6.84. The van der Waals surface area contributed by atoms with Crippen LogP contribution in [-0.4, -0.2) is 30.7 Å². The van der Waals surface area contributed by atoms with Crippen molar-refractivity contribution in [1.82, 2.24) is 4.90 Å². The molecule has 82 valence electrons. The van der Waals surface area contributed by atoms with Crippen LogP contribution in [0.5, 0.6) is 0 Å². The van der Waals surface area contributed by atoms with Crippen molar-refractivity contribution in [2.75, 3.05) is 19.6 Å². The summed E-state index contributed by atoms with van der Waals surface area (Å²) in [7, 11) is 0.